The summed E-state index contributed by atoms with van der Waals surface area (Å²) in [5, 5.41) is 2.87. The van der Waals surface area contributed by atoms with Crippen LogP contribution in [0.3, 0.4) is 0 Å². The highest BCUT2D eigenvalue weighted by atomic mass is 31.2. The minimum atomic E-state index is -3.06. The van der Waals surface area contributed by atoms with Crippen LogP contribution in [0.15, 0.2) is 0 Å². The zero-order chi connectivity index (χ0) is 13.1. The molecule has 0 radical (unpaired) electrons. The summed E-state index contributed by atoms with van der Waals surface area (Å²) in [6, 6.07) is 0. The molecule has 0 fully saturated rings. The molecule has 0 rings (SSSR count). The van der Waals surface area contributed by atoms with Crippen LogP contribution < -0.4 is 5.32 Å². The molecule has 1 N–H and O–H groups in total. The lowest BCUT2D eigenvalue weighted by Gasteiger charge is -2.17. The van der Waals surface area contributed by atoms with E-state index in [1.165, 1.54) is 0 Å². The zero-order valence-electron chi connectivity index (χ0n) is 10.7. The Balaban J connectivity index is 3.82. The molecule has 0 heterocycles. The summed E-state index contributed by atoms with van der Waals surface area (Å²) in [5.41, 5.74) is 0. The standard InChI is InChI=1S/C10H22NO5P/c1-4-14-10(12)7-8-11-9-17(13,15-5-2)16-6-3/h11H,4-9H2,1-3H3. The molecule has 0 aliphatic carbocycles. The lowest BCUT2D eigenvalue weighted by atomic mass is 10.4. The van der Waals surface area contributed by atoms with Crippen molar-refractivity contribution < 1.29 is 23.1 Å². The van der Waals surface area contributed by atoms with Crippen molar-refractivity contribution in [1.29, 1.82) is 0 Å². The maximum absolute atomic E-state index is 12.0. The van der Waals surface area contributed by atoms with E-state index in [1.807, 2.05) is 0 Å². The summed E-state index contributed by atoms with van der Waals surface area (Å²) in [6.07, 6.45) is 0.347. The molecule has 102 valence electrons. The van der Waals surface area contributed by atoms with Gasteiger partial charge in [0.2, 0.25) is 0 Å². The van der Waals surface area contributed by atoms with E-state index in [-0.39, 0.29) is 18.7 Å². The number of ether oxygens (including phenoxy) is 1. The Morgan fingerprint density at radius 1 is 1.12 bits per heavy atom. The van der Waals surface area contributed by atoms with Crippen LogP contribution in [0.1, 0.15) is 27.2 Å². The van der Waals surface area contributed by atoms with E-state index in [0.717, 1.165) is 0 Å². The SMILES string of the molecule is CCOC(=O)CCNCP(=O)(OCC)OCC. The van der Waals surface area contributed by atoms with Crippen LogP contribution in [0.25, 0.3) is 0 Å². The van der Waals surface area contributed by atoms with Gasteiger partial charge in [0.1, 0.15) is 0 Å². The highest BCUT2D eigenvalue weighted by Gasteiger charge is 2.22. The first kappa shape index (κ1) is 16.6. The fourth-order valence-electron chi connectivity index (χ4n) is 1.16. The summed E-state index contributed by atoms with van der Waals surface area (Å²) in [4.78, 5) is 11.0. The fraction of sp³-hybridized carbons (Fsp3) is 0.900. The van der Waals surface area contributed by atoms with Gasteiger partial charge in [-0.05, 0) is 20.8 Å². The van der Waals surface area contributed by atoms with Gasteiger partial charge < -0.3 is 19.1 Å². The average Bonchev–Trinajstić information content (AvgIpc) is 2.26. The van der Waals surface area contributed by atoms with Crippen molar-refractivity contribution in [2.45, 2.75) is 27.2 Å². The van der Waals surface area contributed by atoms with E-state index >= 15 is 0 Å². The second-order valence-corrected chi connectivity index (χ2v) is 5.21. The van der Waals surface area contributed by atoms with Gasteiger partial charge in [0.25, 0.3) is 0 Å². The van der Waals surface area contributed by atoms with Crippen molar-refractivity contribution in [3.05, 3.63) is 0 Å². The van der Waals surface area contributed by atoms with Crippen molar-refractivity contribution in [3.8, 4) is 0 Å². The molecule has 0 aromatic rings. The van der Waals surface area contributed by atoms with Gasteiger partial charge in [-0.25, -0.2) is 0 Å². The molecule has 6 nitrogen and oxygen atoms in total. The Morgan fingerprint density at radius 3 is 2.18 bits per heavy atom. The summed E-state index contributed by atoms with van der Waals surface area (Å²) in [5.74, 6) is -0.275. The molecule has 0 unspecified atom stereocenters. The Labute approximate surface area is 103 Å². The molecule has 0 aromatic carbocycles. The molecule has 0 aromatic heterocycles. The fourth-order valence-corrected chi connectivity index (χ4v) is 2.64. The Morgan fingerprint density at radius 2 is 1.71 bits per heavy atom. The van der Waals surface area contributed by atoms with Crippen molar-refractivity contribution in [2.24, 2.45) is 0 Å². The molecule has 0 aliphatic heterocycles. The first-order chi connectivity index (χ1) is 8.08. The Bertz CT molecular complexity index is 249. The average molecular weight is 267 g/mol. The summed E-state index contributed by atoms with van der Waals surface area (Å²) < 4.78 is 26.9. The van der Waals surface area contributed by atoms with E-state index in [2.05, 4.69) is 5.32 Å². The van der Waals surface area contributed by atoms with Crippen LogP contribution in [0.5, 0.6) is 0 Å². The maximum atomic E-state index is 12.0. The van der Waals surface area contributed by atoms with Gasteiger partial charge in [-0.3, -0.25) is 9.36 Å². The van der Waals surface area contributed by atoms with Crippen LogP contribution in [-0.4, -0.2) is 38.6 Å². The summed E-state index contributed by atoms with van der Waals surface area (Å²) >= 11 is 0. The van der Waals surface area contributed by atoms with Crippen LogP contribution in [0.4, 0.5) is 0 Å². The second kappa shape index (κ2) is 9.59. The first-order valence-corrected chi connectivity index (χ1v) is 7.55. The first-order valence-electron chi connectivity index (χ1n) is 5.82. The molecule has 0 amide bonds. The number of carbonyl (C=O) groups is 1. The second-order valence-electron chi connectivity index (χ2n) is 3.16. The Kier molecular flexibility index (Phi) is 9.36. The van der Waals surface area contributed by atoms with E-state index < -0.39 is 7.60 Å². The molecule has 0 saturated carbocycles. The van der Waals surface area contributed by atoms with Gasteiger partial charge in [-0.1, -0.05) is 0 Å². The summed E-state index contributed by atoms with van der Waals surface area (Å²) in [7, 11) is -3.06. The van der Waals surface area contributed by atoms with Gasteiger partial charge in [0.05, 0.1) is 32.5 Å². The van der Waals surface area contributed by atoms with Gasteiger partial charge in [0.15, 0.2) is 0 Å². The lowest BCUT2D eigenvalue weighted by Crippen LogP contribution is -2.22. The lowest BCUT2D eigenvalue weighted by molar-refractivity contribution is -0.142. The Hall–Kier alpha value is -0.420. The monoisotopic (exact) mass is 267 g/mol. The van der Waals surface area contributed by atoms with Gasteiger partial charge in [-0.2, -0.15) is 0 Å². The normalized spacial score (nSPS) is 11.5. The number of nitrogens with one attached hydrogen (secondary N) is 1. The number of carbonyl (C=O) groups excluding carboxylic acids is 1. The highest BCUT2D eigenvalue weighted by molar-refractivity contribution is 7.53. The maximum Gasteiger partial charge on any atom is 0.344 e. The van der Waals surface area contributed by atoms with Crippen LogP contribution in [0.2, 0.25) is 0 Å². The third kappa shape index (κ3) is 8.32. The van der Waals surface area contributed by atoms with Crippen LogP contribution in [0, 0.1) is 0 Å². The topological polar surface area (TPSA) is 73.9 Å². The molecule has 0 aliphatic rings. The van der Waals surface area contributed by atoms with Crippen molar-refractivity contribution in [2.75, 3.05) is 32.7 Å². The van der Waals surface area contributed by atoms with E-state index in [0.29, 0.717) is 26.4 Å². The van der Waals surface area contributed by atoms with Gasteiger partial charge in [0, 0.05) is 6.54 Å². The number of esters is 1. The molecule has 0 atom stereocenters. The van der Waals surface area contributed by atoms with Gasteiger partial charge in [-0.15, -0.1) is 0 Å². The quantitative estimate of drug-likeness (QED) is 0.369. The van der Waals surface area contributed by atoms with Crippen molar-refractivity contribution in [1.82, 2.24) is 5.32 Å². The van der Waals surface area contributed by atoms with Crippen molar-refractivity contribution in [3.63, 3.8) is 0 Å². The van der Waals surface area contributed by atoms with Crippen LogP contribution in [-0.2, 0) is 23.1 Å². The molecular formula is C10H22NO5P. The minimum absolute atomic E-state index is 0.105. The highest BCUT2D eigenvalue weighted by Crippen LogP contribution is 2.46. The third-order valence-corrected chi connectivity index (χ3v) is 3.68. The largest absolute Gasteiger partial charge is 0.466 e. The zero-order valence-corrected chi connectivity index (χ0v) is 11.6. The number of rotatable bonds is 10. The molecular weight excluding hydrogens is 245 g/mol. The third-order valence-electron chi connectivity index (χ3n) is 1.77. The van der Waals surface area contributed by atoms with Crippen molar-refractivity contribution >= 4 is 13.6 Å². The molecule has 7 heteroatoms. The summed E-state index contributed by atoms with van der Waals surface area (Å²) in [6.45, 7) is 6.68. The van der Waals surface area contributed by atoms with E-state index in [4.69, 9.17) is 13.8 Å². The molecule has 17 heavy (non-hydrogen) atoms. The molecule has 0 bridgehead atoms. The van der Waals surface area contributed by atoms with E-state index in [1.54, 1.807) is 20.8 Å². The predicted octanol–water partition coefficient (Wildman–Crippen LogP) is 1.75. The predicted molar refractivity (Wildman–Crippen MR) is 65.0 cm³/mol. The number of hydrogen-bond acceptors (Lipinski definition) is 6. The molecule has 0 saturated heterocycles. The minimum Gasteiger partial charge on any atom is -0.466 e. The van der Waals surface area contributed by atoms with E-state index in [9.17, 15) is 9.36 Å². The molecule has 0 spiro atoms. The van der Waals surface area contributed by atoms with Crippen LogP contribution >= 0.6 is 7.60 Å². The van der Waals surface area contributed by atoms with Gasteiger partial charge >= 0.3 is 13.6 Å². The number of hydrogen-bond donors (Lipinski definition) is 1. The smallest absolute Gasteiger partial charge is 0.344 e.